The van der Waals surface area contributed by atoms with Crippen LogP contribution in [0.5, 0.6) is 5.75 Å². The number of hydrogen-bond acceptors (Lipinski definition) is 3. The van der Waals surface area contributed by atoms with E-state index in [4.69, 9.17) is 4.74 Å². The molecule has 1 amide bonds. The second kappa shape index (κ2) is 6.34. The minimum atomic E-state index is -4.37. The van der Waals surface area contributed by atoms with Crippen molar-refractivity contribution in [2.45, 2.75) is 19.1 Å². The molecule has 0 spiro atoms. The smallest absolute Gasteiger partial charge is 0.416 e. The summed E-state index contributed by atoms with van der Waals surface area (Å²) in [5.41, 5.74) is -0.739. The molecule has 1 atom stereocenters. The van der Waals surface area contributed by atoms with E-state index in [-0.39, 0.29) is 24.3 Å². The van der Waals surface area contributed by atoms with E-state index < -0.39 is 11.7 Å². The van der Waals surface area contributed by atoms with Crippen LogP contribution in [0.2, 0.25) is 0 Å². The van der Waals surface area contributed by atoms with Crippen LogP contribution in [0.1, 0.15) is 12.5 Å². The van der Waals surface area contributed by atoms with E-state index in [2.05, 4.69) is 5.32 Å². The standard InChI is InChI=1S/C14H17F3N2O2/c1-10-8-18-6-7-19(10)13(20)9-21-12-4-2-11(3-5-12)14(15,16)17/h2-5,10,18H,6-9H2,1H3. The number of hydrogen-bond donors (Lipinski definition) is 1. The van der Waals surface area contributed by atoms with Gasteiger partial charge in [0.1, 0.15) is 5.75 Å². The van der Waals surface area contributed by atoms with Gasteiger partial charge in [-0.15, -0.1) is 0 Å². The van der Waals surface area contributed by atoms with Crippen LogP contribution in [0.4, 0.5) is 13.2 Å². The number of nitrogens with one attached hydrogen (secondary N) is 1. The van der Waals surface area contributed by atoms with Gasteiger partial charge in [0.15, 0.2) is 6.61 Å². The van der Waals surface area contributed by atoms with Gasteiger partial charge >= 0.3 is 6.18 Å². The highest BCUT2D eigenvalue weighted by molar-refractivity contribution is 5.78. The maximum atomic E-state index is 12.4. The van der Waals surface area contributed by atoms with E-state index in [0.29, 0.717) is 6.54 Å². The third-order valence-corrected chi connectivity index (χ3v) is 3.37. The van der Waals surface area contributed by atoms with Crippen molar-refractivity contribution in [1.29, 1.82) is 0 Å². The first-order valence-corrected chi connectivity index (χ1v) is 6.68. The Hall–Kier alpha value is -1.76. The van der Waals surface area contributed by atoms with Crippen LogP contribution in [0, 0.1) is 0 Å². The average Bonchev–Trinajstić information content (AvgIpc) is 2.45. The van der Waals surface area contributed by atoms with E-state index in [1.807, 2.05) is 6.92 Å². The van der Waals surface area contributed by atoms with E-state index in [1.54, 1.807) is 4.90 Å². The summed E-state index contributed by atoms with van der Waals surface area (Å²) in [7, 11) is 0. The molecule has 0 radical (unpaired) electrons. The Bertz CT molecular complexity index is 488. The Morgan fingerprint density at radius 2 is 2.05 bits per heavy atom. The highest BCUT2D eigenvalue weighted by atomic mass is 19.4. The average molecular weight is 302 g/mol. The molecule has 1 N–H and O–H groups in total. The third-order valence-electron chi connectivity index (χ3n) is 3.37. The third kappa shape index (κ3) is 4.10. The fourth-order valence-electron chi connectivity index (χ4n) is 2.18. The lowest BCUT2D eigenvalue weighted by Gasteiger charge is -2.33. The fourth-order valence-corrected chi connectivity index (χ4v) is 2.18. The summed E-state index contributed by atoms with van der Waals surface area (Å²) >= 11 is 0. The summed E-state index contributed by atoms with van der Waals surface area (Å²) in [6, 6.07) is 4.40. The molecular formula is C14H17F3N2O2. The minimum absolute atomic E-state index is 0.0856. The number of halogens is 3. The van der Waals surface area contributed by atoms with Gasteiger partial charge in [0, 0.05) is 25.7 Å². The summed E-state index contributed by atoms with van der Waals surface area (Å²) < 4.78 is 42.5. The molecule has 1 aromatic carbocycles. The lowest BCUT2D eigenvalue weighted by Crippen LogP contribution is -2.53. The maximum Gasteiger partial charge on any atom is 0.416 e. The molecule has 0 aromatic heterocycles. The zero-order valence-electron chi connectivity index (χ0n) is 11.6. The zero-order valence-corrected chi connectivity index (χ0v) is 11.6. The Morgan fingerprint density at radius 1 is 1.38 bits per heavy atom. The van der Waals surface area contributed by atoms with Crippen molar-refractivity contribution >= 4 is 5.91 Å². The van der Waals surface area contributed by atoms with Gasteiger partial charge in [-0.25, -0.2) is 0 Å². The summed E-state index contributed by atoms with van der Waals surface area (Å²) in [6.45, 7) is 3.83. The molecule has 4 nitrogen and oxygen atoms in total. The largest absolute Gasteiger partial charge is 0.484 e. The minimum Gasteiger partial charge on any atom is -0.484 e. The predicted octanol–water partition coefficient (Wildman–Crippen LogP) is 1.90. The van der Waals surface area contributed by atoms with Gasteiger partial charge in [-0.2, -0.15) is 13.2 Å². The number of piperazine rings is 1. The van der Waals surface area contributed by atoms with Crippen molar-refractivity contribution in [2.24, 2.45) is 0 Å². The van der Waals surface area contributed by atoms with Gasteiger partial charge in [-0.05, 0) is 31.2 Å². The SMILES string of the molecule is CC1CNCCN1C(=O)COc1ccc(C(F)(F)F)cc1. The molecule has 2 rings (SSSR count). The van der Waals surface area contributed by atoms with Crippen molar-refractivity contribution < 1.29 is 22.7 Å². The molecule has 1 aromatic rings. The number of alkyl halides is 3. The van der Waals surface area contributed by atoms with Crippen LogP contribution in [0.15, 0.2) is 24.3 Å². The van der Waals surface area contributed by atoms with Crippen LogP contribution >= 0.6 is 0 Å². The van der Waals surface area contributed by atoms with Crippen LogP contribution < -0.4 is 10.1 Å². The van der Waals surface area contributed by atoms with Gasteiger partial charge in [-0.3, -0.25) is 4.79 Å². The summed E-state index contributed by atoms with van der Waals surface area (Å²) in [4.78, 5) is 13.7. The number of ether oxygens (including phenoxy) is 1. The molecule has 116 valence electrons. The van der Waals surface area contributed by atoms with Crippen LogP contribution in [0.25, 0.3) is 0 Å². The van der Waals surface area contributed by atoms with Crippen molar-refractivity contribution in [3.05, 3.63) is 29.8 Å². The highest BCUT2D eigenvalue weighted by Gasteiger charge is 2.30. The second-order valence-electron chi connectivity index (χ2n) is 4.95. The Kier molecular flexibility index (Phi) is 4.72. The number of amides is 1. The highest BCUT2D eigenvalue weighted by Crippen LogP contribution is 2.30. The molecule has 1 unspecified atom stereocenters. The number of carbonyl (C=O) groups excluding carboxylic acids is 1. The topological polar surface area (TPSA) is 41.6 Å². The molecule has 1 aliphatic rings. The van der Waals surface area contributed by atoms with Gasteiger partial charge in [0.25, 0.3) is 5.91 Å². The number of carbonyl (C=O) groups is 1. The first-order valence-electron chi connectivity index (χ1n) is 6.68. The fraction of sp³-hybridized carbons (Fsp3) is 0.500. The van der Waals surface area contributed by atoms with E-state index in [1.165, 1.54) is 12.1 Å². The van der Waals surface area contributed by atoms with E-state index in [0.717, 1.165) is 25.2 Å². The van der Waals surface area contributed by atoms with Crippen LogP contribution in [0.3, 0.4) is 0 Å². The number of rotatable bonds is 3. The summed E-state index contributed by atoms with van der Waals surface area (Å²) in [5, 5.41) is 3.17. The molecule has 1 saturated heterocycles. The zero-order chi connectivity index (χ0) is 15.5. The van der Waals surface area contributed by atoms with Crippen molar-refractivity contribution in [2.75, 3.05) is 26.2 Å². The first kappa shape index (κ1) is 15.6. The molecule has 1 heterocycles. The molecule has 1 aliphatic heterocycles. The van der Waals surface area contributed by atoms with Gasteiger partial charge in [0.05, 0.1) is 5.56 Å². The molecule has 21 heavy (non-hydrogen) atoms. The van der Waals surface area contributed by atoms with E-state index in [9.17, 15) is 18.0 Å². The first-order chi connectivity index (χ1) is 9.88. The maximum absolute atomic E-state index is 12.4. The van der Waals surface area contributed by atoms with Gasteiger partial charge in [-0.1, -0.05) is 0 Å². The monoisotopic (exact) mass is 302 g/mol. The normalized spacial score (nSPS) is 19.4. The Balaban J connectivity index is 1.89. The number of benzene rings is 1. The van der Waals surface area contributed by atoms with Gasteiger partial charge < -0.3 is 15.0 Å². The van der Waals surface area contributed by atoms with Crippen molar-refractivity contribution in [3.8, 4) is 5.75 Å². The number of nitrogens with zero attached hydrogens (tertiary/aromatic N) is 1. The van der Waals surface area contributed by atoms with Crippen molar-refractivity contribution in [3.63, 3.8) is 0 Å². The second-order valence-corrected chi connectivity index (χ2v) is 4.95. The molecular weight excluding hydrogens is 285 g/mol. The van der Waals surface area contributed by atoms with Crippen LogP contribution in [-0.2, 0) is 11.0 Å². The summed E-state index contributed by atoms with van der Waals surface area (Å²) in [6.07, 6.45) is -4.37. The molecule has 7 heteroatoms. The summed E-state index contributed by atoms with van der Waals surface area (Å²) in [5.74, 6) is 0.0861. The Labute approximate surface area is 120 Å². The van der Waals surface area contributed by atoms with Crippen molar-refractivity contribution in [1.82, 2.24) is 10.2 Å². The predicted molar refractivity (Wildman–Crippen MR) is 71.0 cm³/mol. The lowest BCUT2D eigenvalue weighted by molar-refractivity contribution is -0.138. The molecule has 0 bridgehead atoms. The Morgan fingerprint density at radius 3 is 2.62 bits per heavy atom. The lowest BCUT2D eigenvalue weighted by atomic mass is 10.2. The van der Waals surface area contributed by atoms with Gasteiger partial charge in [0.2, 0.25) is 0 Å². The van der Waals surface area contributed by atoms with E-state index >= 15 is 0 Å². The molecule has 1 fully saturated rings. The van der Waals surface area contributed by atoms with Crippen LogP contribution in [-0.4, -0.2) is 43.1 Å². The quantitative estimate of drug-likeness (QED) is 0.927. The molecule has 0 aliphatic carbocycles. The molecule has 0 saturated carbocycles.